The predicted molar refractivity (Wildman–Crippen MR) is 131 cm³/mol. The topological polar surface area (TPSA) is 86.3 Å². The van der Waals surface area contributed by atoms with E-state index in [2.05, 4.69) is 15.6 Å². The molecule has 1 aromatic carbocycles. The van der Waals surface area contributed by atoms with Crippen molar-refractivity contribution in [1.29, 1.82) is 0 Å². The molecule has 0 saturated carbocycles. The van der Waals surface area contributed by atoms with Crippen LogP contribution in [0.5, 0.6) is 0 Å². The van der Waals surface area contributed by atoms with Gasteiger partial charge in [-0.1, -0.05) is 12.1 Å². The Morgan fingerprint density at radius 3 is 2.43 bits per heavy atom. The molecule has 2 amide bonds. The molecule has 9 heteroatoms. The molecule has 0 atom stereocenters. The number of anilines is 1. The minimum atomic E-state index is -0.506. The predicted octanol–water partition coefficient (Wildman–Crippen LogP) is 2.96. The zero-order chi connectivity index (χ0) is 21.4. The van der Waals surface area contributed by atoms with Crippen molar-refractivity contribution in [2.45, 2.75) is 45.8 Å². The Balaban J connectivity index is 0.00000450. The van der Waals surface area contributed by atoms with Crippen LogP contribution in [0.3, 0.4) is 0 Å². The van der Waals surface area contributed by atoms with Crippen LogP contribution in [0.25, 0.3) is 0 Å². The number of nitrogens with zero attached hydrogens (tertiary/aromatic N) is 3. The first kappa shape index (κ1) is 26.0. The van der Waals surface area contributed by atoms with Gasteiger partial charge in [0.1, 0.15) is 5.60 Å². The summed E-state index contributed by atoms with van der Waals surface area (Å²) in [4.78, 5) is 31.4. The molecule has 0 radical (unpaired) electrons. The van der Waals surface area contributed by atoms with Gasteiger partial charge in [-0.3, -0.25) is 9.79 Å². The lowest BCUT2D eigenvalue weighted by molar-refractivity contribution is -0.117. The molecular weight excluding hydrogens is 497 g/mol. The van der Waals surface area contributed by atoms with Crippen molar-refractivity contribution in [1.82, 2.24) is 15.5 Å². The van der Waals surface area contributed by atoms with E-state index in [1.54, 1.807) is 14.1 Å². The summed E-state index contributed by atoms with van der Waals surface area (Å²) < 4.78 is 5.33. The van der Waals surface area contributed by atoms with E-state index in [4.69, 9.17) is 4.74 Å². The number of carbonyl (C=O) groups excluding carboxylic acids is 2. The lowest BCUT2D eigenvalue weighted by Crippen LogP contribution is -2.42. The molecule has 1 fully saturated rings. The molecule has 1 saturated heterocycles. The van der Waals surface area contributed by atoms with E-state index in [-0.39, 0.29) is 36.0 Å². The van der Waals surface area contributed by atoms with Crippen molar-refractivity contribution in [2.75, 3.05) is 38.6 Å². The first-order chi connectivity index (χ1) is 13.7. The fourth-order valence-electron chi connectivity index (χ4n) is 2.89. The smallest absolute Gasteiger partial charge is 0.410 e. The highest BCUT2D eigenvalue weighted by Crippen LogP contribution is 2.21. The third kappa shape index (κ3) is 8.37. The normalized spacial score (nSPS) is 14.2. The molecule has 1 aliphatic heterocycles. The van der Waals surface area contributed by atoms with Crippen LogP contribution in [-0.2, 0) is 16.1 Å². The minimum absolute atomic E-state index is 0. The minimum Gasteiger partial charge on any atom is -0.444 e. The number of benzene rings is 1. The molecule has 1 aliphatic rings. The van der Waals surface area contributed by atoms with Gasteiger partial charge in [-0.25, -0.2) is 4.79 Å². The number of halogens is 1. The number of hydrogen-bond acceptors (Lipinski definition) is 4. The first-order valence-corrected chi connectivity index (χ1v) is 9.97. The molecule has 0 aliphatic carbocycles. The average molecular weight is 531 g/mol. The lowest BCUT2D eigenvalue weighted by atomic mass is 10.2. The van der Waals surface area contributed by atoms with Crippen molar-refractivity contribution >= 4 is 47.6 Å². The van der Waals surface area contributed by atoms with E-state index in [0.29, 0.717) is 32.0 Å². The van der Waals surface area contributed by atoms with Crippen LogP contribution >= 0.6 is 24.0 Å². The number of guanidine groups is 1. The third-order valence-corrected chi connectivity index (χ3v) is 4.45. The molecule has 0 unspecified atom stereocenters. The number of nitrogens with one attached hydrogen (secondary N) is 2. The van der Waals surface area contributed by atoms with E-state index in [9.17, 15) is 9.59 Å². The maximum atomic E-state index is 12.0. The maximum absolute atomic E-state index is 12.0. The maximum Gasteiger partial charge on any atom is 0.410 e. The van der Waals surface area contributed by atoms with Crippen molar-refractivity contribution < 1.29 is 14.3 Å². The molecule has 0 spiro atoms. The Hall–Kier alpha value is -2.04. The Bertz CT molecular complexity index is 731. The second kappa shape index (κ2) is 12.0. The van der Waals surface area contributed by atoms with Crippen LogP contribution in [0.15, 0.2) is 29.3 Å². The summed E-state index contributed by atoms with van der Waals surface area (Å²) in [6, 6.07) is 7.98. The Morgan fingerprint density at radius 1 is 1.23 bits per heavy atom. The molecule has 30 heavy (non-hydrogen) atoms. The van der Waals surface area contributed by atoms with Crippen molar-refractivity contribution in [3.8, 4) is 0 Å². The van der Waals surface area contributed by atoms with Gasteiger partial charge in [-0.15, -0.1) is 24.0 Å². The van der Waals surface area contributed by atoms with Crippen LogP contribution in [0.2, 0.25) is 0 Å². The van der Waals surface area contributed by atoms with Crippen LogP contribution in [0, 0.1) is 0 Å². The Labute approximate surface area is 196 Å². The van der Waals surface area contributed by atoms with Crippen molar-refractivity contribution in [2.24, 2.45) is 4.99 Å². The highest BCUT2D eigenvalue weighted by Gasteiger charge is 2.21. The van der Waals surface area contributed by atoms with Gasteiger partial charge in [-0.05, 0) is 44.9 Å². The molecule has 1 aromatic rings. The number of ether oxygens (including phenoxy) is 1. The Morgan fingerprint density at radius 2 is 1.90 bits per heavy atom. The van der Waals surface area contributed by atoms with Gasteiger partial charge in [-0.2, -0.15) is 0 Å². The van der Waals surface area contributed by atoms with Crippen LogP contribution in [-0.4, -0.2) is 62.2 Å². The second-order valence-electron chi connectivity index (χ2n) is 8.07. The summed E-state index contributed by atoms with van der Waals surface area (Å²) >= 11 is 0. The monoisotopic (exact) mass is 531 g/mol. The fourth-order valence-corrected chi connectivity index (χ4v) is 2.89. The molecular formula is C21H34IN5O3. The lowest BCUT2D eigenvalue weighted by Gasteiger charge is -2.25. The zero-order valence-corrected chi connectivity index (χ0v) is 20.9. The number of hydrogen-bond donors (Lipinski definition) is 2. The second-order valence-corrected chi connectivity index (χ2v) is 8.07. The third-order valence-electron chi connectivity index (χ3n) is 4.45. The number of amides is 2. The molecule has 8 nitrogen and oxygen atoms in total. The van der Waals surface area contributed by atoms with Gasteiger partial charge >= 0.3 is 6.09 Å². The van der Waals surface area contributed by atoms with E-state index in [1.165, 1.54) is 4.90 Å². The Kier molecular flexibility index (Phi) is 10.4. The first-order valence-electron chi connectivity index (χ1n) is 9.97. The van der Waals surface area contributed by atoms with E-state index < -0.39 is 5.60 Å². The van der Waals surface area contributed by atoms with Gasteiger partial charge in [0.25, 0.3) is 0 Å². The van der Waals surface area contributed by atoms with Gasteiger partial charge < -0.3 is 25.2 Å². The van der Waals surface area contributed by atoms with Gasteiger partial charge in [0.05, 0.1) is 0 Å². The number of likely N-dealkylation sites (N-methyl/N-ethyl adjacent to an activating group) is 1. The highest BCUT2D eigenvalue weighted by atomic mass is 127. The number of aliphatic imine (C=N–C) groups is 1. The zero-order valence-electron chi connectivity index (χ0n) is 18.5. The summed E-state index contributed by atoms with van der Waals surface area (Å²) in [6.45, 7) is 7.98. The van der Waals surface area contributed by atoms with Crippen LogP contribution in [0.1, 0.15) is 39.2 Å². The summed E-state index contributed by atoms with van der Waals surface area (Å²) in [6.07, 6.45) is 1.21. The van der Waals surface area contributed by atoms with E-state index >= 15 is 0 Å². The summed E-state index contributed by atoms with van der Waals surface area (Å²) in [5, 5.41) is 6.44. The van der Waals surface area contributed by atoms with Gasteiger partial charge in [0, 0.05) is 52.4 Å². The quantitative estimate of drug-likeness (QED) is 0.335. The standard InChI is InChI=1S/C21H33N5O3.HI/c1-21(2,3)29-20(28)25(5)14-12-23-19(22-4)24-15-16-8-10-17(11-9-16)26-13-6-7-18(26)27;/h8-11H,6-7,12-15H2,1-5H3,(H2,22,23,24);1H. The highest BCUT2D eigenvalue weighted by molar-refractivity contribution is 14.0. The summed E-state index contributed by atoms with van der Waals surface area (Å²) in [5.41, 5.74) is 1.53. The number of rotatable bonds is 6. The van der Waals surface area contributed by atoms with Crippen LogP contribution < -0.4 is 15.5 Å². The molecule has 2 rings (SSSR count). The molecule has 0 bridgehead atoms. The van der Waals surface area contributed by atoms with E-state index in [1.807, 2.05) is 49.9 Å². The fraction of sp³-hybridized carbons (Fsp3) is 0.571. The SMILES string of the molecule is CN=C(NCCN(C)C(=O)OC(C)(C)C)NCc1ccc(N2CCCC2=O)cc1.I. The molecule has 2 N–H and O–H groups in total. The summed E-state index contributed by atoms with van der Waals surface area (Å²) in [5.74, 6) is 0.846. The molecule has 168 valence electrons. The summed E-state index contributed by atoms with van der Waals surface area (Å²) in [7, 11) is 3.41. The van der Waals surface area contributed by atoms with E-state index in [0.717, 1.165) is 24.2 Å². The molecule has 1 heterocycles. The number of carbonyl (C=O) groups is 2. The largest absolute Gasteiger partial charge is 0.444 e. The van der Waals surface area contributed by atoms with Gasteiger partial charge in [0.2, 0.25) is 5.91 Å². The van der Waals surface area contributed by atoms with Crippen molar-refractivity contribution in [3.05, 3.63) is 29.8 Å². The van der Waals surface area contributed by atoms with Crippen molar-refractivity contribution in [3.63, 3.8) is 0 Å². The average Bonchev–Trinajstić information content (AvgIpc) is 3.09. The molecule has 0 aromatic heterocycles. The van der Waals surface area contributed by atoms with Gasteiger partial charge in [0.15, 0.2) is 5.96 Å². The van der Waals surface area contributed by atoms with Crippen LogP contribution in [0.4, 0.5) is 10.5 Å².